The highest BCUT2D eigenvalue weighted by atomic mass is 32.2. The number of para-hydroxylation sites is 1. The van der Waals surface area contributed by atoms with Gasteiger partial charge in [0, 0.05) is 23.3 Å². The van der Waals surface area contributed by atoms with Crippen LogP contribution < -0.4 is 16.0 Å². The maximum absolute atomic E-state index is 14.1. The fraction of sp³-hybridized carbons (Fsp3) is 0.160. The van der Waals surface area contributed by atoms with E-state index in [1.807, 2.05) is 6.07 Å². The summed E-state index contributed by atoms with van der Waals surface area (Å²) in [6.07, 6.45) is 0.0911. The van der Waals surface area contributed by atoms with Gasteiger partial charge in [0.25, 0.3) is 11.5 Å². The number of carbonyl (C=O) groups excluding carboxylic acids is 1. The van der Waals surface area contributed by atoms with Gasteiger partial charge in [0.2, 0.25) is 0 Å². The molecule has 0 bridgehead atoms. The predicted molar refractivity (Wildman–Crippen MR) is 129 cm³/mol. The summed E-state index contributed by atoms with van der Waals surface area (Å²) in [5.74, 6) is -2.01. The number of nitrogens with one attached hydrogen (secondary N) is 2. The molecule has 4 rings (SSSR count). The lowest BCUT2D eigenvalue weighted by Crippen LogP contribution is -2.44. The lowest BCUT2D eigenvalue weighted by atomic mass is 10.1. The van der Waals surface area contributed by atoms with Gasteiger partial charge in [0.05, 0.1) is 10.9 Å². The zero-order chi connectivity index (χ0) is 24.2. The van der Waals surface area contributed by atoms with E-state index in [2.05, 4.69) is 9.71 Å². The standard InChI is InChI=1S/C25H21F2N3O3S/c1-15(18-12-11-17(26)14-20(18)27)34-29-23(31)22(13-16-7-3-2-4-8-16)30-24(32)19-9-5-6-10-21(19)28-25(30)33/h2-12,14-15,22H,13H2,1H3,(H,28,33)(H,29,31)/t15-,22?/m0/s1. The van der Waals surface area contributed by atoms with Crippen LogP contribution in [-0.4, -0.2) is 15.5 Å². The van der Waals surface area contributed by atoms with E-state index in [-0.39, 0.29) is 17.4 Å². The van der Waals surface area contributed by atoms with Crippen LogP contribution in [0.15, 0.2) is 82.4 Å². The van der Waals surface area contributed by atoms with Crippen molar-refractivity contribution in [2.75, 3.05) is 0 Å². The number of benzene rings is 3. The van der Waals surface area contributed by atoms with Crippen LogP contribution in [0.3, 0.4) is 0 Å². The zero-order valence-corrected chi connectivity index (χ0v) is 18.9. The first-order valence-electron chi connectivity index (χ1n) is 10.5. The third-order valence-electron chi connectivity index (χ3n) is 5.46. The fourth-order valence-corrected chi connectivity index (χ4v) is 4.45. The van der Waals surface area contributed by atoms with Crippen molar-refractivity contribution >= 4 is 28.8 Å². The monoisotopic (exact) mass is 481 g/mol. The van der Waals surface area contributed by atoms with Crippen molar-refractivity contribution in [3.8, 4) is 0 Å². The van der Waals surface area contributed by atoms with Crippen LogP contribution in [0.5, 0.6) is 0 Å². The third kappa shape index (κ3) is 4.94. The molecule has 1 heterocycles. The van der Waals surface area contributed by atoms with Crippen molar-refractivity contribution in [1.82, 2.24) is 14.3 Å². The molecule has 0 aliphatic rings. The number of nitrogens with zero attached hydrogens (tertiary/aromatic N) is 1. The summed E-state index contributed by atoms with van der Waals surface area (Å²) >= 11 is 0.917. The molecular formula is C25H21F2N3O3S. The zero-order valence-electron chi connectivity index (χ0n) is 18.1. The molecule has 3 aromatic carbocycles. The maximum Gasteiger partial charge on any atom is 0.329 e. The molecule has 174 valence electrons. The Bertz CT molecular complexity index is 1450. The minimum absolute atomic E-state index is 0.0911. The van der Waals surface area contributed by atoms with Gasteiger partial charge in [0.15, 0.2) is 0 Å². The predicted octanol–water partition coefficient (Wildman–Crippen LogP) is 4.28. The first-order chi connectivity index (χ1) is 16.3. The highest BCUT2D eigenvalue weighted by Crippen LogP contribution is 2.29. The van der Waals surface area contributed by atoms with E-state index >= 15 is 0 Å². The largest absolute Gasteiger partial charge is 0.329 e. The Balaban J connectivity index is 1.67. The summed E-state index contributed by atoms with van der Waals surface area (Å²) in [6, 6.07) is 17.7. The van der Waals surface area contributed by atoms with Crippen molar-refractivity contribution in [2.45, 2.75) is 24.6 Å². The minimum Gasteiger partial charge on any atom is -0.307 e. The lowest BCUT2D eigenvalue weighted by Gasteiger charge is -2.20. The summed E-state index contributed by atoms with van der Waals surface area (Å²) < 4.78 is 30.9. The molecule has 1 amide bonds. The topological polar surface area (TPSA) is 84.0 Å². The van der Waals surface area contributed by atoms with Crippen molar-refractivity contribution in [3.05, 3.63) is 116 Å². The van der Waals surface area contributed by atoms with E-state index in [1.165, 1.54) is 6.07 Å². The Morgan fingerprint density at radius 1 is 1.03 bits per heavy atom. The van der Waals surface area contributed by atoms with Crippen molar-refractivity contribution in [1.29, 1.82) is 0 Å². The number of H-pyrrole nitrogens is 1. The average Bonchev–Trinajstić information content (AvgIpc) is 2.82. The van der Waals surface area contributed by atoms with Gasteiger partial charge >= 0.3 is 5.69 Å². The van der Waals surface area contributed by atoms with Gasteiger partial charge in [-0.2, -0.15) is 0 Å². The quantitative estimate of drug-likeness (QED) is 0.386. The van der Waals surface area contributed by atoms with Gasteiger partial charge in [-0.25, -0.2) is 18.1 Å². The summed E-state index contributed by atoms with van der Waals surface area (Å²) in [6.45, 7) is 1.66. The molecule has 0 spiro atoms. The van der Waals surface area contributed by atoms with Gasteiger partial charge in [-0.3, -0.25) is 14.3 Å². The molecule has 4 aromatic rings. The Kier molecular flexibility index (Phi) is 6.93. The number of halogens is 2. The van der Waals surface area contributed by atoms with E-state index < -0.39 is 40.1 Å². The summed E-state index contributed by atoms with van der Waals surface area (Å²) in [5.41, 5.74) is 0.0552. The second-order valence-corrected chi connectivity index (χ2v) is 8.90. The van der Waals surface area contributed by atoms with Crippen LogP contribution in [0, 0.1) is 11.6 Å². The van der Waals surface area contributed by atoms with E-state index in [1.54, 1.807) is 55.5 Å². The van der Waals surface area contributed by atoms with Crippen molar-refractivity contribution in [3.63, 3.8) is 0 Å². The number of amides is 1. The van der Waals surface area contributed by atoms with Gasteiger partial charge < -0.3 is 4.98 Å². The number of hydrogen-bond acceptors (Lipinski definition) is 4. The SMILES string of the molecule is C[C@H](SNC(=O)C(Cc1ccccc1)n1c(=O)[nH]c2ccccc2c1=O)c1ccc(F)cc1F. The third-order valence-corrected chi connectivity index (χ3v) is 6.39. The lowest BCUT2D eigenvalue weighted by molar-refractivity contribution is -0.122. The molecule has 0 aliphatic heterocycles. The molecule has 0 radical (unpaired) electrons. The van der Waals surface area contributed by atoms with E-state index in [0.717, 1.165) is 34.2 Å². The highest BCUT2D eigenvalue weighted by molar-refractivity contribution is 7.98. The minimum atomic E-state index is -1.15. The molecule has 9 heteroatoms. The van der Waals surface area contributed by atoms with E-state index in [9.17, 15) is 23.2 Å². The van der Waals surface area contributed by atoms with E-state index in [4.69, 9.17) is 0 Å². The molecule has 2 N–H and O–H groups in total. The van der Waals surface area contributed by atoms with Crippen LogP contribution in [0.4, 0.5) is 8.78 Å². The second kappa shape index (κ2) is 10.0. The molecule has 0 fully saturated rings. The highest BCUT2D eigenvalue weighted by Gasteiger charge is 2.26. The normalized spacial score (nSPS) is 12.9. The molecule has 6 nitrogen and oxygen atoms in total. The van der Waals surface area contributed by atoms with Gasteiger partial charge in [0.1, 0.15) is 17.7 Å². The first-order valence-corrected chi connectivity index (χ1v) is 11.4. The smallest absolute Gasteiger partial charge is 0.307 e. The number of aromatic nitrogens is 2. The number of fused-ring (bicyclic) bond motifs is 1. The van der Waals surface area contributed by atoms with Crippen LogP contribution >= 0.6 is 11.9 Å². The number of carbonyl (C=O) groups is 1. The summed E-state index contributed by atoms with van der Waals surface area (Å²) in [7, 11) is 0. The van der Waals surface area contributed by atoms with Gasteiger partial charge in [-0.15, -0.1) is 0 Å². The number of hydrogen-bond donors (Lipinski definition) is 2. The van der Waals surface area contributed by atoms with Crippen LogP contribution in [0.1, 0.15) is 29.3 Å². The van der Waals surface area contributed by atoms with Crippen molar-refractivity contribution in [2.24, 2.45) is 0 Å². The first kappa shape index (κ1) is 23.4. The molecule has 34 heavy (non-hydrogen) atoms. The number of aromatic amines is 1. The Hall–Kier alpha value is -3.72. The number of rotatable bonds is 7. The van der Waals surface area contributed by atoms with Crippen molar-refractivity contribution < 1.29 is 13.6 Å². The van der Waals surface area contributed by atoms with Gasteiger partial charge in [-0.05, 0) is 42.6 Å². The Morgan fingerprint density at radius 2 is 1.74 bits per heavy atom. The van der Waals surface area contributed by atoms with Crippen LogP contribution in [0.25, 0.3) is 10.9 Å². The fourth-order valence-electron chi connectivity index (χ4n) is 3.71. The molecule has 0 saturated carbocycles. The molecule has 2 atom stereocenters. The van der Waals surface area contributed by atoms with Crippen LogP contribution in [-0.2, 0) is 11.2 Å². The Labute approximate surface area is 197 Å². The van der Waals surface area contributed by atoms with Crippen LogP contribution in [0.2, 0.25) is 0 Å². The molecule has 0 saturated heterocycles. The van der Waals surface area contributed by atoms with E-state index in [0.29, 0.717) is 5.52 Å². The average molecular weight is 482 g/mol. The summed E-state index contributed by atoms with van der Waals surface area (Å²) in [5, 5.41) is -0.268. The molecule has 0 aliphatic carbocycles. The molecule has 1 unspecified atom stereocenters. The molecule has 1 aromatic heterocycles. The maximum atomic E-state index is 14.1. The molecular weight excluding hydrogens is 460 g/mol. The Morgan fingerprint density at radius 3 is 2.47 bits per heavy atom. The van der Waals surface area contributed by atoms with Gasteiger partial charge in [-0.1, -0.05) is 48.5 Å². The summed E-state index contributed by atoms with van der Waals surface area (Å²) in [4.78, 5) is 42.0. The second-order valence-electron chi connectivity index (χ2n) is 7.75.